The topological polar surface area (TPSA) is 61.4 Å². The molecule has 1 aliphatic carbocycles. The Bertz CT molecular complexity index is 776. The minimum Gasteiger partial charge on any atom is -0.346 e. The molecule has 3 rings (SSSR count). The maximum atomic E-state index is 12.2. The Morgan fingerprint density at radius 2 is 1.73 bits per heavy atom. The lowest BCUT2D eigenvalue weighted by Gasteiger charge is -2.26. The first-order valence-electron chi connectivity index (χ1n) is 9.29. The van der Waals surface area contributed by atoms with E-state index in [0.717, 1.165) is 31.2 Å². The Morgan fingerprint density at radius 3 is 2.46 bits per heavy atom. The summed E-state index contributed by atoms with van der Waals surface area (Å²) in [6.45, 7) is 0.387. The summed E-state index contributed by atoms with van der Waals surface area (Å²) in [4.78, 5) is 26.4. The lowest BCUT2D eigenvalue weighted by atomic mass is 9.98. The molecule has 26 heavy (non-hydrogen) atoms. The van der Waals surface area contributed by atoms with Gasteiger partial charge >= 0.3 is 11.8 Å². The van der Waals surface area contributed by atoms with Crippen molar-refractivity contribution >= 4 is 22.6 Å². The van der Waals surface area contributed by atoms with Crippen molar-refractivity contribution in [3.05, 3.63) is 48.0 Å². The normalized spacial score (nSPS) is 16.0. The van der Waals surface area contributed by atoms with Gasteiger partial charge in [-0.25, -0.2) is 0 Å². The quantitative estimate of drug-likeness (QED) is 0.813. The Kier molecular flexibility index (Phi) is 5.89. The van der Waals surface area contributed by atoms with Gasteiger partial charge in [0, 0.05) is 12.6 Å². The molecule has 0 heterocycles. The van der Waals surface area contributed by atoms with Crippen molar-refractivity contribution < 1.29 is 9.59 Å². The summed E-state index contributed by atoms with van der Waals surface area (Å²) in [5, 5.41) is 7.98. The SMILES string of the molecule is CN(C)[C@H](CNC(=O)C(=O)NC1CCCC1)c1cccc2ccccc12. The predicted octanol–water partition coefficient (Wildman–Crippen LogP) is 2.62. The zero-order valence-electron chi connectivity index (χ0n) is 15.5. The van der Waals surface area contributed by atoms with Gasteiger partial charge < -0.3 is 15.5 Å². The molecule has 1 atom stereocenters. The number of benzene rings is 2. The number of likely N-dealkylation sites (N-methyl/N-ethyl adjacent to an activating group) is 1. The van der Waals surface area contributed by atoms with Gasteiger partial charge in [0.25, 0.3) is 0 Å². The first-order valence-corrected chi connectivity index (χ1v) is 9.29. The number of carbonyl (C=O) groups excluding carboxylic acids is 2. The molecule has 0 saturated heterocycles. The maximum Gasteiger partial charge on any atom is 0.309 e. The molecule has 2 aromatic rings. The number of nitrogens with zero attached hydrogens (tertiary/aromatic N) is 1. The van der Waals surface area contributed by atoms with E-state index in [1.54, 1.807) is 0 Å². The van der Waals surface area contributed by atoms with Gasteiger partial charge in [-0.1, -0.05) is 55.3 Å². The summed E-state index contributed by atoms with van der Waals surface area (Å²) in [6, 6.07) is 14.5. The monoisotopic (exact) mass is 353 g/mol. The van der Waals surface area contributed by atoms with E-state index in [4.69, 9.17) is 0 Å². The molecule has 0 spiro atoms. The van der Waals surface area contributed by atoms with Gasteiger partial charge in [0.05, 0.1) is 6.04 Å². The van der Waals surface area contributed by atoms with Crippen molar-refractivity contribution in [1.82, 2.24) is 15.5 Å². The van der Waals surface area contributed by atoms with Gasteiger partial charge in [0.1, 0.15) is 0 Å². The third-order valence-corrected chi connectivity index (χ3v) is 5.16. The van der Waals surface area contributed by atoms with Gasteiger partial charge in [0.2, 0.25) is 0 Å². The highest BCUT2D eigenvalue weighted by molar-refractivity contribution is 6.35. The molecule has 2 aromatic carbocycles. The average molecular weight is 353 g/mol. The second-order valence-electron chi connectivity index (χ2n) is 7.21. The summed E-state index contributed by atoms with van der Waals surface area (Å²) in [5.41, 5.74) is 1.14. The third kappa shape index (κ3) is 4.22. The largest absolute Gasteiger partial charge is 0.346 e. The van der Waals surface area contributed by atoms with Crippen LogP contribution in [-0.2, 0) is 9.59 Å². The van der Waals surface area contributed by atoms with Crippen molar-refractivity contribution in [1.29, 1.82) is 0 Å². The molecule has 1 fully saturated rings. The van der Waals surface area contributed by atoms with Gasteiger partial charge in [-0.05, 0) is 43.3 Å². The fraction of sp³-hybridized carbons (Fsp3) is 0.429. The first kappa shape index (κ1) is 18.4. The molecule has 0 bridgehead atoms. The van der Waals surface area contributed by atoms with Crippen LogP contribution >= 0.6 is 0 Å². The van der Waals surface area contributed by atoms with Gasteiger partial charge in [-0.15, -0.1) is 0 Å². The zero-order valence-corrected chi connectivity index (χ0v) is 15.5. The molecule has 138 valence electrons. The summed E-state index contributed by atoms with van der Waals surface area (Å²) < 4.78 is 0. The van der Waals surface area contributed by atoms with E-state index in [2.05, 4.69) is 39.8 Å². The zero-order chi connectivity index (χ0) is 18.5. The lowest BCUT2D eigenvalue weighted by molar-refractivity contribution is -0.139. The van der Waals surface area contributed by atoms with E-state index in [-0.39, 0.29) is 12.1 Å². The van der Waals surface area contributed by atoms with Crippen LogP contribution in [0.1, 0.15) is 37.3 Å². The highest BCUT2D eigenvalue weighted by Gasteiger charge is 2.23. The number of rotatable bonds is 5. The average Bonchev–Trinajstić information content (AvgIpc) is 3.14. The number of nitrogens with one attached hydrogen (secondary N) is 2. The van der Waals surface area contributed by atoms with Crippen LogP contribution in [0.15, 0.2) is 42.5 Å². The van der Waals surface area contributed by atoms with Gasteiger partial charge in [-0.2, -0.15) is 0 Å². The van der Waals surface area contributed by atoms with Crippen LogP contribution in [0, 0.1) is 0 Å². The molecule has 2 N–H and O–H groups in total. The van der Waals surface area contributed by atoms with Crippen molar-refractivity contribution in [2.75, 3.05) is 20.6 Å². The van der Waals surface area contributed by atoms with E-state index in [0.29, 0.717) is 6.54 Å². The fourth-order valence-corrected chi connectivity index (χ4v) is 3.70. The highest BCUT2D eigenvalue weighted by atomic mass is 16.2. The standard InChI is InChI=1S/C21H27N3O2/c1-24(2)19(18-13-7-9-15-8-3-6-12-17(15)18)14-22-20(25)21(26)23-16-10-4-5-11-16/h3,6-9,12-13,16,19H,4-5,10-11,14H2,1-2H3,(H,22,25)(H,23,26)/t19-/m1/s1. The van der Waals surface area contributed by atoms with Crippen LogP contribution in [-0.4, -0.2) is 43.4 Å². The maximum absolute atomic E-state index is 12.2. The molecule has 0 radical (unpaired) electrons. The van der Waals surface area contributed by atoms with Crippen LogP contribution in [0.3, 0.4) is 0 Å². The second kappa shape index (κ2) is 8.32. The second-order valence-corrected chi connectivity index (χ2v) is 7.21. The van der Waals surface area contributed by atoms with Crippen molar-refractivity contribution in [2.24, 2.45) is 0 Å². The summed E-state index contributed by atoms with van der Waals surface area (Å²) in [7, 11) is 3.97. The molecule has 2 amide bonds. The molecule has 1 aliphatic rings. The first-order chi connectivity index (χ1) is 12.6. The summed E-state index contributed by atoms with van der Waals surface area (Å²) in [6.07, 6.45) is 4.18. The molecule has 0 aliphatic heterocycles. The van der Waals surface area contributed by atoms with Crippen LogP contribution in [0.5, 0.6) is 0 Å². The van der Waals surface area contributed by atoms with Gasteiger partial charge in [0.15, 0.2) is 0 Å². The third-order valence-electron chi connectivity index (χ3n) is 5.16. The van der Waals surface area contributed by atoms with Crippen molar-refractivity contribution in [2.45, 2.75) is 37.8 Å². The molecule has 5 nitrogen and oxygen atoms in total. The van der Waals surface area contributed by atoms with Crippen LogP contribution in [0.2, 0.25) is 0 Å². The summed E-state index contributed by atoms with van der Waals surface area (Å²) >= 11 is 0. The van der Waals surface area contributed by atoms with E-state index in [1.165, 1.54) is 10.8 Å². The Hall–Kier alpha value is -2.40. The van der Waals surface area contributed by atoms with E-state index >= 15 is 0 Å². The number of hydrogen-bond donors (Lipinski definition) is 2. The number of carbonyl (C=O) groups is 2. The predicted molar refractivity (Wildman–Crippen MR) is 104 cm³/mol. The van der Waals surface area contributed by atoms with E-state index in [9.17, 15) is 9.59 Å². The molecular formula is C21H27N3O2. The van der Waals surface area contributed by atoms with Crippen LogP contribution < -0.4 is 10.6 Å². The van der Waals surface area contributed by atoms with E-state index in [1.807, 2.05) is 32.3 Å². The van der Waals surface area contributed by atoms with Crippen molar-refractivity contribution in [3.8, 4) is 0 Å². The van der Waals surface area contributed by atoms with E-state index < -0.39 is 11.8 Å². The highest BCUT2D eigenvalue weighted by Crippen LogP contribution is 2.26. The smallest absolute Gasteiger partial charge is 0.309 e. The Morgan fingerprint density at radius 1 is 1.04 bits per heavy atom. The number of hydrogen-bond acceptors (Lipinski definition) is 3. The fourth-order valence-electron chi connectivity index (χ4n) is 3.70. The van der Waals surface area contributed by atoms with Crippen molar-refractivity contribution in [3.63, 3.8) is 0 Å². The number of fused-ring (bicyclic) bond motifs is 1. The van der Waals surface area contributed by atoms with Gasteiger partial charge in [-0.3, -0.25) is 9.59 Å². The minimum absolute atomic E-state index is 0.00988. The minimum atomic E-state index is -0.552. The lowest BCUT2D eigenvalue weighted by Crippen LogP contribution is -2.45. The van der Waals surface area contributed by atoms with Crippen LogP contribution in [0.25, 0.3) is 10.8 Å². The molecular weight excluding hydrogens is 326 g/mol. The molecule has 5 heteroatoms. The molecule has 0 aromatic heterocycles. The number of amides is 2. The Labute approximate surface area is 154 Å². The van der Waals surface area contributed by atoms with Crippen LogP contribution in [0.4, 0.5) is 0 Å². The molecule has 0 unspecified atom stereocenters. The molecule has 1 saturated carbocycles. The Balaban J connectivity index is 1.68. The summed E-state index contributed by atoms with van der Waals surface area (Å²) in [5.74, 6) is -1.07.